The highest BCUT2D eigenvalue weighted by Gasteiger charge is 2.15. The Labute approximate surface area is 115 Å². The summed E-state index contributed by atoms with van der Waals surface area (Å²) in [6.07, 6.45) is 3.30. The molecule has 0 atom stereocenters. The Balaban J connectivity index is 2.18. The summed E-state index contributed by atoms with van der Waals surface area (Å²) in [4.78, 5) is 19.1. The molecular weight excluding hydrogens is 260 g/mol. The van der Waals surface area contributed by atoms with Crippen LogP contribution in [0.1, 0.15) is 14.5 Å². The van der Waals surface area contributed by atoms with E-state index in [1.54, 1.807) is 42.5 Å². The van der Waals surface area contributed by atoms with Crippen LogP contribution in [0.4, 0.5) is 5.69 Å². The molecule has 0 aromatic carbocycles. The molecule has 2 rings (SSSR count). The predicted molar refractivity (Wildman–Crippen MR) is 75.3 cm³/mol. The van der Waals surface area contributed by atoms with Crippen molar-refractivity contribution in [3.05, 3.63) is 46.4 Å². The van der Waals surface area contributed by atoms with Gasteiger partial charge in [-0.05, 0) is 24.3 Å². The zero-order valence-corrected chi connectivity index (χ0v) is 11.1. The summed E-state index contributed by atoms with van der Waals surface area (Å²) in [5.74, 6) is 5.24. The molecule has 96 valence electrons. The molecule has 19 heavy (non-hydrogen) atoms. The van der Waals surface area contributed by atoms with E-state index in [1.807, 2.05) is 6.07 Å². The molecule has 4 nitrogen and oxygen atoms in total. The molecular formula is C14H12N2O2S. The monoisotopic (exact) mass is 272 g/mol. The molecule has 2 heterocycles. The summed E-state index contributed by atoms with van der Waals surface area (Å²) in [7, 11) is 1.71. The van der Waals surface area contributed by atoms with Crippen LogP contribution in [-0.2, 0) is 0 Å². The van der Waals surface area contributed by atoms with Gasteiger partial charge >= 0.3 is 0 Å². The lowest BCUT2D eigenvalue weighted by Gasteiger charge is -2.15. The lowest BCUT2D eigenvalue weighted by Crippen LogP contribution is -2.25. The van der Waals surface area contributed by atoms with E-state index in [0.717, 1.165) is 10.6 Å². The number of hydrogen-bond donors (Lipinski definition) is 1. The summed E-state index contributed by atoms with van der Waals surface area (Å²) in [6, 6.07) is 7.12. The van der Waals surface area contributed by atoms with Crippen LogP contribution in [0.15, 0.2) is 36.7 Å². The highest BCUT2D eigenvalue weighted by molar-refractivity contribution is 7.14. The second-order valence-electron chi connectivity index (χ2n) is 3.70. The van der Waals surface area contributed by atoms with E-state index >= 15 is 0 Å². The number of hydrogen-bond acceptors (Lipinski definition) is 4. The van der Waals surface area contributed by atoms with Crippen LogP contribution in [0, 0.1) is 11.8 Å². The smallest absolute Gasteiger partial charge is 0.268 e. The number of amides is 1. The van der Waals surface area contributed by atoms with Crippen molar-refractivity contribution >= 4 is 22.9 Å². The van der Waals surface area contributed by atoms with E-state index in [-0.39, 0.29) is 12.5 Å². The van der Waals surface area contributed by atoms with Crippen molar-refractivity contribution in [2.45, 2.75) is 0 Å². The van der Waals surface area contributed by atoms with E-state index in [1.165, 1.54) is 11.3 Å². The minimum Gasteiger partial charge on any atom is -0.384 e. The fraction of sp³-hybridized carbons (Fsp3) is 0.143. The molecule has 0 radical (unpaired) electrons. The highest BCUT2D eigenvalue weighted by Crippen LogP contribution is 2.20. The van der Waals surface area contributed by atoms with Crippen molar-refractivity contribution in [1.29, 1.82) is 0 Å². The molecule has 0 saturated carbocycles. The van der Waals surface area contributed by atoms with Crippen molar-refractivity contribution in [2.24, 2.45) is 0 Å². The summed E-state index contributed by atoms with van der Waals surface area (Å²) >= 11 is 1.31. The summed E-state index contributed by atoms with van der Waals surface area (Å²) < 4.78 is 0. The van der Waals surface area contributed by atoms with Gasteiger partial charge < -0.3 is 10.0 Å². The van der Waals surface area contributed by atoms with Crippen LogP contribution in [0.25, 0.3) is 0 Å². The van der Waals surface area contributed by atoms with Gasteiger partial charge in [-0.2, -0.15) is 0 Å². The van der Waals surface area contributed by atoms with Gasteiger partial charge in [0, 0.05) is 13.2 Å². The van der Waals surface area contributed by atoms with Gasteiger partial charge in [-0.1, -0.05) is 11.8 Å². The Morgan fingerprint density at radius 1 is 1.47 bits per heavy atom. The second-order valence-corrected chi connectivity index (χ2v) is 4.78. The molecule has 0 aliphatic heterocycles. The van der Waals surface area contributed by atoms with Crippen LogP contribution in [0.5, 0.6) is 0 Å². The summed E-state index contributed by atoms with van der Waals surface area (Å²) in [5.41, 5.74) is 0.740. The fourth-order valence-electron chi connectivity index (χ4n) is 1.48. The molecule has 0 unspecified atom stereocenters. The van der Waals surface area contributed by atoms with Gasteiger partial charge in [-0.3, -0.25) is 9.78 Å². The number of rotatable bonds is 2. The number of aliphatic hydroxyl groups excluding tert-OH is 1. The minimum absolute atomic E-state index is 0.102. The van der Waals surface area contributed by atoms with Crippen LogP contribution >= 0.6 is 11.3 Å². The number of nitrogens with zero attached hydrogens (tertiary/aromatic N) is 2. The Kier molecular flexibility index (Phi) is 4.29. The Morgan fingerprint density at radius 2 is 2.32 bits per heavy atom. The van der Waals surface area contributed by atoms with E-state index in [2.05, 4.69) is 16.8 Å². The quantitative estimate of drug-likeness (QED) is 0.848. The third-order valence-electron chi connectivity index (χ3n) is 2.45. The van der Waals surface area contributed by atoms with Gasteiger partial charge in [0.05, 0.1) is 21.6 Å². The highest BCUT2D eigenvalue weighted by atomic mass is 32.1. The van der Waals surface area contributed by atoms with Gasteiger partial charge in [0.2, 0.25) is 0 Å². The lowest BCUT2D eigenvalue weighted by atomic mass is 10.3. The topological polar surface area (TPSA) is 53.4 Å². The molecule has 5 heteroatoms. The van der Waals surface area contributed by atoms with E-state index < -0.39 is 0 Å². The van der Waals surface area contributed by atoms with Gasteiger partial charge in [-0.25, -0.2) is 0 Å². The number of carbonyl (C=O) groups is 1. The Morgan fingerprint density at radius 3 is 3.00 bits per heavy atom. The molecule has 0 saturated heterocycles. The van der Waals surface area contributed by atoms with Gasteiger partial charge in [0.15, 0.2) is 0 Å². The average Bonchev–Trinajstić information content (AvgIpc) is 2.93. The molecule has 2 aromatic heterocycles. The number of aliphatic hydroxyl groups is 1. The number of carbonyl (C=O) groups excluding carboxylic acids is 1. The third kappa shape index (κ3) is 3.19. The van der Waals surface area contributed by atoms with Crippen molar-refractivity contribution in [2.75, 3.05) is 18.6 Å². The zero-order chi connectivity index (χ0) is 13.7. The van der Waals surface area contributed by atoms with Crippen LogP contribution in [0.2, 0.25) is 0 Å². The molecule has 0 fully saturated rings. The zero-order valence-electron chi connectivity index (χ0n) is 10.3. The summed E-state index contributed by atoms with van der Waals surface area (Å²) in [5, 5.41) is 8.63. The van der Waals surface area contributed by atoms with Gasteiger partial charge in [0.25, 0.3) is 5.91 Å². The third-order valence-corrected chi connectivity index (χ3v) is 3.43. The molecule has 0 bridgehead atoms. The predicted octanol–water partition coefficient (Wildman–Crippen LogP) is 1.76. The van der Waals surface area contributed by atoms with Crippen molar-refractivity contribution < 1.29 is 9.90 Å². The minimum atomic E-state index is -0.184. The Bertz CT molecular complexity index is 626. The second kappa shape index (κ2) is 6.14. The van der Waals surface area contributed by atoms with Crippen molar-refractivity contribution in [3.8, 4) is 11.8 Å². The van der Waals surface area contributed by atoms with E-state index in [4.69, 9.17) is 5.11 Å². The van der Waals surface area contributed by atoms with Crippen molar-refractivity contribution in [3.63, 3.8) is 0 Å². The maximum Gasteiger partial charge on any atom is 0.268 e. The number of thiophene rings is 1. The first-order chi connectivity index (χ1) is 9.22. The molecule has 1 amide bonds. The van der Waals surface area contributed by atoms with Crippen LogP contribution in [-0.4, -0.2) is 29.7 Å². The van der Waals surface area contributed by atoms with E-state index in [0.29, 0.717) is 4.88 Å². The largest absolute Gasteiger partial charge is 0.384 e. The molecule has 1 N–H and O–H groups in total. The SMILES string of the molecule is CN(C(=O)c1ccc(C#CCO)s1)c1cccnc1. The molecule has 0 aliphatic rings. The first kappa shape index (κ1) is 13.3. The maximum absolute atomic E-state index is 12.2. The van der Waals surface area contributed by atoms with Gasteiger partial charge in [-0.15, -0.1) is 11.3 Å². The molecule has 0 aliphatic carbocycles. The summed E-state index contributed by atoms with van der Waals surface area (Å²) in [6.45, 7) is -0.184. The van der Waals surface area contributed by atoms with Crippen molar-refractivity contribution in [1.82, 2.24) is 4.98 Å². The first-order valence-corrected chi connectivity index (χ1v) is 6.41. The molecule has 2 aromatic rings. The number of aromatic nitrogens is 1. The maximum atomic E-state index is 12.2. The fourth-order valence-corrected chi connectivity index (χ4v) is 2.34. The normalized spacial score (nSPS) is 9.58. The first-order valence-electron chi connectivity index (χ1n) is 5.60. The van der Waals surface area contributed by atoms with Gasteiger partial charge in [0.1, 0.15) is 6.61 Å². The van der Waals surface area contributed by atoms with E-state index in [9.17, 15) is 4.79 Å². The standard InChI is InChI=1S/C14H12N2O2S/c1-16(11-4-2-8-15-10-11)14(18)13-7-6-12(19-13)5-3-9-17/h2,4,6-8,10,17H,9H2,1H3. The lowest BCUT2D eigenvalue weighted by molar-refractivity contribution is 0.0997. The van der Waals surface area contributed by atoms with Crippen LogP contribution < -0.4 is 4.90 Å². The number of pyridine rings is 1. The Hall–Kier alpha value is -2.16. The van der Waals surface area contributed by atoms with Crippen LogP contribution in [0.3, 0.4) is 0 Å². The number of anilines is 1. The average molecular weight is 272 g/mol. The molecule has 0 spiro atoms.